The number of aromatic amines is 1. The lowest BCUT2D eigenvalue weighted by Gasteiger charge is -2.06. The highest BCUT2D eigenvalue weighted by Crippen LogP contribution is 1.94. The molecule has 2 aromatic heterocycles. The maximum atomic E-state index is 11.5. The Hall–Kier alpha value is -2.64. The highest BCUT2D eigenvalue weighted by Gasteiger charge is 2.11. The van der Waals surface area contributed by atoms with Crippen molar-refractivity contribution in [2.75, 3.05) is 0 Å². The number of nitrogens with one attached hydrogen (secondary N) is 1. The summed E-state index contributed by atoms with van der Waals surface area (Å²) >= 11 is 0. The van der Waals surface area contributed by atoms with Crippen LogP contribution in [0.3, 0.4) is 0 Å². The van der Waals surface area contributed by atoms with Gasteiger partial charge in [0.15, 0.2) is 0 Å². The SMILES string of the molecule is O=C(O)c1cn(CCCn2cccn2)c(=O)[nH]c1=O. The van der Waals surface area contributed by atoms with E-state index < -0.39 is 22.8 Å². The van der Waals surface area contributed by atoms with Crippen molar-refractivity contribution < 1.29 is 9.90 Å². The molecule has 0 aromatic carbocycles. The zero-order valence-corrected chi connectivity index (χ0v) is 9.94. The summed E-state index contributed by atoms with van der Waals surface area (Å²) in [6.07, 6.45) is 5.09. The van der Waals surface area contributed by atoms with Crippen LogP contribution in [0.1, 0.15) is 16.8 Å². The zero-order chi connectivity index (χ0) is 13.8. The molecule has 0 bridgehead atoms. The first-order valence-electron chi connectivity index (χ1n) is 5.62. The number of aromatic carboxylic acids is 1. The zero-order valence-electron chi connectivity index (χ0n) is 9.94. The second kappa shape index (κ2) is 5.34. The molecule has 0 spiro atoms. The van der Waals surface area contributed by atoms with Crippen LogP contribution in [-0.4, -0.2) is 30.4 Å². The molecule has 8 nitrogen and oxygen atoms in total. The van der Waals surface area contributed by atoms with Crippen molar-refractivity contribution in [3.05, 3.63) is 51.1 Å². The van der Waals surface area contributed by atoms with Crippen LogP contribution >= 0.6 is 0 Å². The molecule has 0 saturated carbocycles. The van der Waals surface area contributed by atoms with Gasteiger partial charge in [0.05, 0.1) is 0 Å². The van der Waals surface area contributed by atoms with E-state index >= 15 is 0 Å². The van der Waals surface area contributed by atoms with E-state index in [0.717, 1.165) is 6.20 Å². The number of carbonyl (C=O) groups is 1. The first kappa shape index (κ1) is 12.8. The van der Waals surface area contributed by atoms with Crippen molar-refractivity contribution in [2.24, 2.45) is 0 Å². The van der Waals surface area contributed by atoms with E-state index in [1.54, 1.807) is 23.1 Å². The molecule has 2 aromatic rings. The van der Waals surface area contributed by atoms with Crippen molar-refractivity contribution >= 4 is 5.97 Å². The summed E-state index contributed by atoms with van der Waals surface area (Å²) in [6, 6.07) is 1.79. The van der Waals surface area contributed by atoms with Crippen molar-refractivity contribution in [3.8, 4) is 0 Å². The van der Waals surface area contributed by atoms with Crippen LogP contribution in [0, 0.1) is 0 Å². The van der Waals surface area contributed by atoms with E-state index in [1.165, 1.54) is 4.57 Å². The number of aryl methyl sites for hydroxylation is 2. The summed E-state index contributed by atoms with van der Waals surface area (Å²) in [6.45, 7) is 0.900. The van der Waals surface area contributed by atoms with Crippen molar-refractivity contribution in [2.45, 2.75) is 19.5 Å². The molecular formula is C11H12N4O4. The van der Waals surface area contributed by atoms with Gasteiger partial charge >= 0.3 is 11.7 Å². The number of carboxylic acid groups (broad SMARTS) is 1. The lowest BCUT2D eigenvalue weighted by Crippen LogP contribution is -2.33. The van der Waals surface area contributed by atoms with Gasteiger partial charge in [-0.1, -0.05) is 0 Å². The Kier molecular flexibility index (Phi) is 3.60. The Morgan fingerprint density at radius 2 is 2.16 bits per heavy atom. The molecule has 19 heavy (non-hydrogen) atoms. The predicted octanol–water partition coefficient (Wildman–Crippen LogP) is -0.478. The van der Waals surface area contributed by atoms with E-state index in [2.05, 4.69) is 5.10 Å². The molecule has 0 radical (unpaired) electrons. The Bertz CT molecular complexity index is 683. The lowest BCUT2D eigenvalue weighted by molar-refractivity contribution is 0.0693. The minimum Gasteiger partial charge on any atom is -0.477 e. The molecule has 0 unspecified atom stereocenters. The summed E-state index contributed by atoms with van der Waals surface area (Å²) < 4.78 is 2.88. The van der Waals surface area contributed by atoms with Crippen molar-refractivity contribution in [1.29, 1.82) is 0 Å². The number of rotatable bonds is 5. The number of nitrogens with zero attached hydrogens (tertiary/aromatic N) is 3. The molecule has 2 N–H and O–H groups in total. The fourth-order valence-corrected chi connectivity index (χ4v) is 1.66. The quantitative estimate of drug-likeness (QED) is 0.758. The minimum atomic E-state index is -1.36. The lowest BCUT2D eigenvalue weighted by atomic mass is 10.3. The number of hydrogen-bond donors (Lipinski definition) is 2. The third-order valence-corrected chi connectivity index (χ3v) is 2.59. The predicted molar refractivity (Wildman–Crippen MR) is 65.1 cm³/mol. The van der Waals surface area contributed by atoms with Crippen LogP contribution in [0.4, 0.5) is 0 Å². The normalized spacial score (nSPS) is 10.5. The Balaban J connectivity index is 2.12. The number of carboxylic acids is 1. The van der Waals surface area contributed by atoms with Gasteiger partial charge < -0.3 is 5.11 Å². The van der Waals surface area contributed by atoms with Crippen LogP contribution in [0.25, 0.3) is 0 Å². The molecule has 2 heterocycles. The van der Waals surface area contributed by atoms with Gasteiger partial charge in [-0.15, -0.1) is 0 Å². The fourth-order valence-electron chi connectivity index (χ4n) is 1.66. The topological polar surface area (TPSA) is 110 Å². The molecule has 0 aliphatic carbocycles. The number of H-pyrrole nitrogens is 1. The molecule has 0 aliphatic rings. The van der Waals surface area contributed by atoms with Gasteiger partial charge in [-0.25, -0.2) is 9.59 Å². The summed E-state index contributed by atoms with van der Waals surface area (Å²) in [4.78, 5) is 35.5. The average Bonchev–Trinajstić information content (AvgIpc) is 2.84. The fraction of sp³-hybridized carbons (Fsp3) is 0.273. The molecule has 100 valence electrons. The third kappa shape index (κ3) is 2.97. The van der Waals surface area contributed by atoms with E-state index in [-0.39, 0.29) is 0 Å². The molecule has 0 atom stereocenters. The number of aromatic nitrogens is 4. The Labute approximate surface area is 106 Å². The van der Waals surface area contributed by atoms with Gasteiger partial charge in [-0.05, 0) is 12.5 Å². The van der Waals surface area contributed by atoms with Crippen molar-refractivity contribution in [3.63, 3.8) is 0 Å². The molecule has 0 fully saturated rings. The highest BCUT2D eigenvalue weighted by molar-refractivity contribution is 5.86. The van der Waals surface area contributed by atoms with E-state index in [0.29, 0.717) is 19.5 Å². The summed E-state index contributed by atoms with van der Waals surface area (Å²) in [5.41, 5.74) is -1.95. The largest absolute Gasteiger partial charge is 0.477 e. The van der Waals surface area contributed by atoms with Gasteiger partial charge in [0.1, 0.15) is 5.56 Å². The van der Waals surface area contributed by atoms with Crippen LogP contribution < -0.4 is 11.2 Å². The van der Waals surface area contributed by atoms with E-state index in [1.807, 2.05) is 4.98 Å². The van der Waals surface area contributed by atoms with Crippen molar-refractivity contribution in [1.82, 2.24) is 19.3 Å². The van der Waals surface area contributed by atoms with Crippen LogP contribution in [0.15, 0.2) is 34.2 Å². The summed E-state index contributed by atoms with van der Waals surface area (Å²) in [5, 5.41) is 12.8. The third-order valence-electron chi connectivity index (χ3n) is 2.59. The standard InChI is InChI=1S/C11H12N4O4/c16-9-8(10(17)18)7-14(11(19)13-9)4-2-6-15-5-1-3-12-15/h1,3,5,7H,2,4,6H2,(H,17,18)(H,13,16,19). The maximum Gasteiger partial charge on any atom is 0.342 e. The van der Waals surface area contributed by atoms with Crippen LogP contribution in [0.2, 0.25) is 0 Å². The summed E-state index contributed by atoms with van der Waals surface area (Å²) in [5.74, 6) is -1.36. The summed E-state index contributed by atoms with van der Waals surface area (Å²) in [7, 11) is 0. The van der Waals surface area contributed by atoms with Gasteiger partial charge in [0.2, 0.25) is 0 Å². The van der Waals surface area contributed by atoms with Gasteiger partial charge in [-0.2, -0.15) is 5.10 Å². The Morgan fingerprint density at radius 3 is 2.79 bits per heavy atom. The molecular weight excluding hydrogens is 252 g/mol. The highest BCUT2D eigenvalue weighted by atomic mass is 16.4. The van der Waals surface area contributed by atoms with E-state index in [4.69, 9.17) is 5.11 Å². The van der Waals surface area contributed by atoms with Gasteiger partial charge in [0.25, 0.3) is 5.56 Å². The minimum absolute atomic E-state index is 0.301. The molecule has 2 rings (SSSR count). The second-order valence-corrected chi connectivity index (χ2v) is 3.92. The molecule has 8 heteroatoms. The number of hydrogen-bond acceptors (Lipinski definition) is 4. The monoisotopic (exact) mass is 264 g/mol. The molecule has 0 amide bonds. The molecule has 0 aliphatic heterocycles. The maximum absolute atomic E-state index is 11.5. The average molecular weight is 264 g/mol. The van der Waals surface area contributed by atoms with Crippen LogP contribution in [0.5, 0.6) is 0 Å². The first-order chi connectivity index (χ1) is 9.08. The van der Waals surface area contributed by atoms with Crippen LogP contribution in [-0.2, 0) is 13.1 Å². The first-order valence-corrected chi connectivity index (χ1v) is 5.62. The molecule has 0 saturated heterocycles. The second-order valence-electron chi connectivity index (χ2n) is 3.92. The van der Waals surface area contributed by atoms with E-state index in [9.17, 15) is 14.4 Å². The van der Waals surface area contributed by atoms with Gasteiger partial charge in [-0.3, -0.25) is 19.0 Å². The van der Waals surface area contributed by atoms with Gasteiger partial charge in [0, 0.05) is 31.7 Å². The smallest absolute Gasteiger partial charge is 0.342 e. The Morgan fingerprint density at radius 1 is 1.37 bits per heavy atom.